The fourth-order valence-electron chi connectivity index (χ4n) is 2.47. The summed E-state index contributed by atoms with van der Waals surface area (Å²) in [6, 6.07) is 14.6. The van der Waals surface area contributed by atoms with E-state index < -0.39 is 5.82 Å². The summed E-state index contributed by atoms with van der Waals surface area (Å²) in [5.74, 6) is -0.629. The van der Waals surface area contributed by atoms with Gasteiger partial charge in [0, 0.05) is 18.2 Å². The lowest BCUT2D eigenvalue weighted by Gasteiger charge is -2.25. The van der Waals surface area contributed by atoms with Crippen LogP contribution in [0, 0.1) is 12.7 Å². The number of nitrogens with zero attached hydrogens (tertiary/aromatic N) is 1. The maximum absolute atomic E-state index is 13.3. The molecule has 23 heavy (non-hydrogen) atoms. The highest BCUT2D eigenvalue weighted by molar-refractivity contribution is 5.95. The predicted octanol–water partition coefficient (Wildman–Crippen LogP) is 3.04. The first-order valence-corrected chi connectivity index (χ1v) is 7.72. The minimum absolute atomic E-state index is 0.176. The number of likely N-dealkylation sites (N-methyl/N-ethyl adjacent to an activating group) is 1. The Labute approximate surface area is 137 Å². The molecule has 0 saturated carbocycles. The second kappa shape index (κ2) is 7.88. The van der Waals surface area contributed by atoms with Crippen molar-refractivity contribution in [1.29, 1.82) is 0 Å². The van der Waals surface area contributed by atoms with Crippen LogP contribution in [-0.2, 0) is 6.42 Å². The van der Waals surface area contributed by atoms with Crippen molar-refractivity contribution in [3.05, 3.63) is 71.0 Å². The second-order valence-corrected chi connectivity index (χ2v) is 5.98. The van der Waals surface area contributed by atoms with E-state index in [0.717, 1.165) is 12.0 Å². The lowest BCUT2D eigenvalue weighted by atomic mass is 10.0. The van der Waals surface area contributed by atoms with Crippen LogP contribution < -0.4 is 5.32 Å². The van der Waals surface area contributed by atoms with E-state index in [1.807, 2.05) is 39.2 Å². The van der Waals surface area contributed by atoms with Crippen molar-refractivity contribution in [3.63, 3.8) is 0 Å². The van der Waals surface area contributed by atoms with E-state index in [4.69, 9.17) is 0 Å². The maximum Gasteiger partial charge on any atom is 0.251 e. The van der Waals surface area contributed by atoms with Gasteiger partial charge in [0.1, 0.15) is 5.82 Å². The van der Waals surface area contributed by atoms with Crippen molar-refractivity contribution in [3.8, 4) is 0 Å². The maximum atomic E-state index is 13.3. The smallest absolute Gasteiger partial charge is 0.251 e. The monoisotopic (exact) mass is 314 g/mol. The summed E-state index contributed by atoms with van der Waals surface area (Å²) in [4.78, 5) is 14.4. The average molecular weight is 314 g/mol. The number of halogens is 1. The van der Waals surface area contributed by atoms with Crippen molar-refractivity contribution in [1.82, 2.24) is 10.2 Å². The van der Waals surface area contributed by atoms with Crippen molar-refractivity contribution in [2.24, 2.45) is 0 Å². The molecule has 1 amide bonds. The number of hydrogen-bond donors (Lipinski definition) is 1. The standard InChI is InChI=1S/C19H23FN2O/c1-14-9-10-16(20)12-18(14)19(23)21-13-17(22(2)3)11-15-7-5-4-6-8-15/h4-10,12,17H,11,13H2,1-3H3,(H,21,23). The quantitative estimate of drug-likeness (QED) is 0.889. The van der Waals surface area contributed by atoms with Crippen LogP contribution in [0.2, 0.25) is 0 Å². The third-order valence-corrected chi connectivity index (χ3v) is 3.99. The van der Waals surface area contributed by atoms with Gasteiger partial charge in [-0.05, 0) is 50.7 Å². The second-order valence-electron chi connectivity index (χ2n) is 5.98. The van der Waals surface area contributed by atoms with Gasteiger partial charge >= 0.3 is 0 Å². The zero-order valence-electron chi connectivity index (χ0n) is 13.8. The lowest BCUT2D eigenvalue weighted by Crippen LogP contribution is -2.41. The Morgan fingerprint density at radius 2 is 1.87 bits per heavy atom. The van der Waals surface area contributed by atoms with Gasteiger partial charge in [-0.25, -0.2) is 4.39 Å². The molecule has 0 aliphatic heterocycles. The van der Waals surface area contributed by atoms with E-state index in [-0.39, 0.29) is 11.9 Å². The predicted molar refractivity (Wildman–Crippen MR) is 91.1 cm³/mol. The molecule has 0 fully saturated rings. The van der Waals surface area contributed by atoms with Gasteiger partial charge in [-0.2, -0.15) is 0 Å². The van der Waals surface area contributed by atoms with Crippen LogP contribution >= 0.6 is 0 Å². The van der Waals surface area contributed by atoms with Crippen molar-refractivity contribution >= 4 is 5.91 Å². The number of hydrogen-bond acceptors (Lipinski definition) is 2. The van der Waals surface area contributed by atoms with Crippen LogP contribution in [0.1, 0.15) is 21.5 Å². The van der Waals surface area contributed by atoms with Crippen molar-refractivity contribution < 1.29 is 9.18 Å². The van der Waals surface area contributed by atoms with Gasteiger partial charge in [0.2, 0.25) is 0 Å². The molecule has 2 aromatic carbocycles. The summed E-state index contributed by atoms with van der Waals surface area (Å²) in [6.45, 7) is 2.32. The Morgan fingerprint density at radius 1 is 1.17 bits per heavy atom. The first-order valence-electron chi connectivity index (χ1n) is 7.72. The average Bonchev–Trinajstić information content (AvgIpc) is 2.54. The Hall–Kier alpha value is -2.20. The third-order valence-electron chi connectivity index (χ3n) is 3.99. The molecule has 122 valence electrons. The zero-order chi connectivity index (χ0) is 16.8. The minimum Gasteiger partial charge on any atom is -0.350 e. The van der Waals surface area contributed by atoms with E-state index in [9.17, 15) is 9.18 Å². The molecule has 0 aromatic heterocycles. The SMILES string of the molecule is Cc1ccc(F)cc1C(=O)NCC(Cc1ccccc1)N(C)C. The highest BCUT2D eigenvalue weighted by atomic mass is 19.1. The number of amides is 1. The molecule has 3 nitrogen and oxygen atoms in total. The van der Waals surface area contributed by atoms with Gasteiger partial charge in [-0.15, -0.1) is 0 Å². The van der Waals surface area contributed by atoms with E-state index in [0.29, 0.717) is 12.1 Å². The van der Waals surface area contributed by atoms with Crippen LogP contribution in [0.5, 0.6) is 0 Å². The number of benzene rings is 2. The van der Waals surface area contributed by atoms with Crippen LogP contribution in [0.25, 0.3) is 0 Å². The lowest BCUT2D eigenvalue weighted by molar-refractivity contribution is 0.0940. The molecule has 0 aliphatic rings. The molecule has 0 spiro atoms. The molecule has 0 heterocycles. The molecule has 1 N–H and O–H groups in total. The third kappa shape index (κ3) is 4.89. The van der Waals surface area contributed by atoms with E-state index in [1.165, 1.54) is 17.7 Å². The van der Waals surface area contributed by atoms with Gasteiger partial charge < -0.3 is 10.2 Å². The normalized spacial score (nSPS) is 12.2. The molecule has 0 saturated heterocycles. The fraction of sp³-hybridized carbons (Fsp3) is 0.316. The van der Waals surface area contributed by atoms with E-state index in [1.54, 1.807) is 6.07 Å². The molecule has 0 radical (unpaired) electrons. The van der Waals surface area contributed by atoms with Gasteiger partial charge in [-0.1, -0.05) is 36.4 Å². The molecule has 2 rings (SSSR count). The molecule has 0 bridgehead atoms. The topological polar surface area (TPSA) is 32.3 Å². The Bertz CT molecular complexity index is 656. The molecular formula is C19H23FN2O. The molecule has 1 atom stereocenters. The highest BCUT2D eigenvalue weighted by Gasteiger charge is 2.15. The highest BCUT2D eigenvalue weighted by Crippen LogP contribution is 2.11. The Morgan fingerprint density at radius 3 is 2.52 bits per heavy atom. The van der Waals surface area contributed by atoms with Gasteiger partial charge in [0.05, 0.1) is 0 Å². The summed E-state index contributed by atoms with van der Waals surface area (Å²) in [6.07, 6.45) is 0.844. The van der Waals surface area contributed by atoms with Crippen LogP contribution in [0.15, 0.2) is 48.5 Å². The Balaban J connectivity index is 2.01. The number of carbonyl (C=O) groups excluding carboxylic acids is 1. The number of rotatable bonds is 6. The van der Waals surface area contributed by atoms with Crippen LogP contribution in [-0.4, -0.2) is 37.5 Å². The van der Waals surface area contributed by atoms with Crippen molar-refractivity contribution in [2.45, 2.75) is 19.4 Å². The first-order chi connectivity index (χ1) is 11.0. The molecule has 4 heteroatoms. The molecular weight excluding hydrogens is 291 g/mol. The van der Waals surface area contributed by atoms with Crippen LogP contribution in [0.3, 0.4) is 0 Å². The van der Waals surface area contributed by atoms with Gasteiger partial charge in [0.15, 0.2) is 0 Å². The Kier molecular flexibility index (Phi) is 5.88. The molecule has 1 unspecified atom stereocenters. The number of aryl methyl sites for hydroxylation is 1. The van der Waals surface area contributed by atoms with Gasteiger partial charge in [0.25, 0.3) is 5.91 Å². The first kappa shape index (κ1) is 17.2. The van der Waals surface area contributed by atoms with E-state index >= 15 is 0 Å². The number of nitrogens with one attached hydrogen (secondary N) is 1. The minimum atomic E-state index is -0.394. The summed E-state index contributed by atoms with van der Waals surface area (Å²) in [5, 5.41) is 2.92. The van der Waals surface area contributed by atoms with E-state index in [2.05, 4.69) is 22.3 Å². The summed E-state index contributed by atoms with van der Waals surface area (Å²) < 4.78 is 13.3. The molecule has 2 aromatic rings. The zero-order valence-corrected chi connectivity index (χ0v) is 13.8. The summed E-state index contributed by atoms with van der Waals surface area (Å²) in [7, 11) is 3.99. The van der Waals surface area contributed by atoms with Crippen LogP contribution in [0.4, 0.5) is 4.39 Å². The van der Waals surface area contributed by atoms with Crippen molar-refractivity contribution in [2.75, 3.05) is 20.6 Å². The summed E-state index contributed by atoms with van der Waals surface area (Å²) in [5.41, 5.74) is 2.39. The largest absolute Gasteiger partial charge is 0.350 e. The summed E-state index contributed by atoms with van der Waals surface area (Å²) >= 11 is 0. The molecule has 0 aliphatic carbocycles. The number of carbonyl (C=O) groups is 1. The fourth-order valence-corrected chi connectivity index (χ4v) is 2.47. The van der Waals surface area contributed by atoms with Gasteiger partial charge in [-0.3, -0.25) is 4.79 Å².